The Bertz CT molecular complexity index is 632. The number of aliphatic carboxylic acids is 1. The predicted octanol–water partition coefficient (Wildman–Crippen LogP) is -2.13. The highest BCUT2D eigenvalue weighted by atomic mass is 32.2. The molecular formula is C18H32N4O7S. The minimum Gasteiger partial charge on any atom is -0.480 e. The Hall–Kier alpha value is -1.89. The second-order valence-electron chi connectivity index (χ2n) is 7.36. The second-order valence-corrected chi connectivity index (χ2v) is 8.35. The van der Waals surface area contributed by atoms with Gasteiger partial charge in [-0.25, -0.2) is 4.79 Å². The lowest BCUT2D eigenvalue weighted by molar-refractivity contribution is -0.149. The van der Waals surface area contributed by atoms with Crippen molar-refractivity contribution in [2.75, 3.05) is 18.6 Å². The Balaban J connectivity index is 2.95. The van der Waals surface area contributed by atoms with Gasteiger partial charge in [-0.2, -0.15) is 11.8 Å². The van der Waals surface area contributed by atoms with Gasteiger partial charge < -0.3 is 36.6 Å². The average molecular weight is 449 g/mol. The summed E-state index contributed by atoms with van der Waals surface area (Å²) < 4.78 is 0. The summed E-state index contributed by atoms with van der Waals surface area (Å²) in [6, 6.07) is -4.65. The summed E-state index contributed by atoms with van der Waals surface area (Å²) in [5, 5.41) is 33.5. The molecule has 172 valence electrons. The first-order valence-corrected chi connectivity index (χ1v) is 11.1. The third kappa shape index (κ3) is 7.11. The van der Waals surface area contributed by atoms with Crippen LogP contribution in [0, 0.1) is 0 Å². The molecule has 1 fully saturated rings. The van der Waals surface area contributed by atoms with E-state index < -0.39 is 60.1 Å². The summed E-state index contributed by atoms with van der Waals surface area (Å²) in [6.07, 6.45) is 0.507. The minimum absolute atomic E-state index is 0.252. The molecule has 1 heterocycles. The van der Waals surface area contributed by atoms with E-state index in [0.29, 0.717) is 18.6 Å². The first-order valence-electron chi connectivity index (χ1n) is 9.75. The third-order valence-corrected chi connectivity index (χ3v) is 5.58. The van der Waals surface area contributed by atoms with E-state index in [0.717, 1.165) is 0 Å². The van der Waals surface area contributed by atoms with E-state index >= 15 is 0 Å². The quantitative estimate of drug-likeness (QED) is 0.206. The molecule has 6 atom stereocenters. The number of aliphatic hydroxyl groups is 2. The van der Waals surface area contributed by atoms with Crippen LogP contribution in [0.1, 0.15) is 33.1 Å². The van der Waals surface area contributed by atoms with E-state index in [1.54, 1.807) is 0 Å². The van der Waals surface area contributed by atoms with E-state index in [-0.39, 0.29) is 13.0 Å². The van der Waals surface area contributed by atoms with Crippen molar-refractivity contribution in [1.82, 2.24) is 15.5 Å². The number of carbonyl (C=O) groups is 4. The molecule has 12 heteroatoms. The van der Waals surface area contributed by atoms with Crippen LogP contribution < -0.4 is 16.4 Å². The van der Waals surface area contributed by atoms with Crippen molar-refractivity contribution < 1.29 is 34.5 Å². The molecule has 6 unspecified atom stereocenters. The Kier molecular flexibility index (Phi) is 10.5. The zero-order valence-electron chi connectivity index (χ0n) is 17.4. The largest absolute Gasteiger partial charge is 0.480 e. The Morgan fingerprint density at radius 3 is 2.27 bits per heavy atom. The molecule has 7 N–H and O–H groups in total. The van der Waals surface area contributed by atoms with Crippen molar-refractivity contribution in [2.45, 2.75) is 69.5 Å². The summed E-state index contributed by atoms with van der Waals surface area (Å²) in [7, 11) is 0. The van der Waals surface area contributed by atoms with Crippen LogP contribution in [0.4, 0.5) is 0 Å². The fraction of sp³-hybridized carbons (Fsp3) is 0.778. The number of amides is 3. The smallest absolute Gasteiger partial charge is 0.326 e. The number of aliphatic hydroxyl groups excluding tert-OH is 2. The summed E-state index contributed by atoms with van der Waals surface area (Å²) in [5.41, 5.74) is 5.56. The van der Waals surface area contributed by atoms with Crippen LogP contribution in [-0.4, -0.2) is 98.8 Å². The highest BCUT2D eigenvalue weighted by Gasteiger charge is 2.38. The molecular weight excluding hydrogens is 416 g/mol. The van der Waals surface area contributed by atoms with E-state index in [4.69, 9.17) is 5.73 Å². The lowest BCUT2D eigenvalue weighted by Gasteiger charge is -2.29. The van der Waals surface area contributed by atoms with E-state index in [1.165, 1.54) is 30.5 Å². The number of carboxylic acid groups (broad SMARTS) is 1. The van der Waals surface area contributed by atoms with Crippen molar-refractivity contribution in [3.63, 3.8) is 0 Å². The van der Waals surface area contributed by atoms with Crippen molar-refractivity contribution in [3.05, 3.63) is 0 Å². The minimum atomic E-state index is -1.40. The molecule has 11 nitrogen and oxygen atoms in total. The lowest BCUT2D eigenvalue weighted by atomic mass is 10.1. The molecule has 1 saturated heterocycles. The molecule has 0 spiro atoms. The van der Waals surface area contributed by atoms with Crippen LogP contribution in [0.25, 0.3) is 0 Å². The standard InChI is InChI=1S/C18H32N4O7S/c1-9(23)13(19)15(25)21-14(10(2)24)16(26)20-11(6-8-30-3)17(27)22-7-4-5-12(22)18(28)29/h9-14,23-24H,4-8,19H2,1-3H3,(H,20,26)(H,21,25)(H,28,29). The number of likely N-dealkylation sites (tertiary alicyclic amines) is 1. The van der Waals surface area contributed by atoms with Crippen molar-refractivity contribution in [2.24, 2.45) is 5.73 Å². The molecule has 0 aliphatic carbocycles. The number of carboxylic acids is 1. The second kappa shape index (κ2) is 12.1. The molecule has 0 aromatic carbocycles. The maximum absolute atomic E-state index is 12.9. The highest BCUT2D eigenvalue weighted by molar-refractivity contribution is 7.98. The molecule has 1 rings (SSSR count). The molecule has 3 amide bonds. The van der Waals surface area contributed by atoms with Crippen LogP contribution in [-0.2, 0) is 19.2 Å². The first-order chi connectivity index (χ1) is 14.0. The number of carbonyl (C=O) groups excluding carboxylic acids is 3. The van der Waals surface area contributed by atoms with Crippen LogP contribution in [0.2, 0.25) is 0 Å². The van der Waals surface area contributed by atoms with Gasteiger partial charge in [-0.05, 0) is 45.1 Å². The van der Waals surface area contributed by atoms with Crippen molar-refractivity contribution in [3.8, 4) is 0 Å². The van der Waals surface area contributed by atoms with Gasteiger partial charge in [0.25, 0.3) is 0 Å². The van der Waals surface area contributed by atoms with E-state index in [1.807, 2.05) is 6.26 Å². The number of nitrogens with two attached hydrogens (primary N) is 1. The molecule has 0 bridgehead atoms. The highest BCUT2D eigenvalue weighted by Crippen LogP contribution is 2.19. The normalized spacial score (nSPS) is 21.3. The topological polar surface area (TPSA) is 182 Å². The SMILES string of the molecule is CSCCC(NC(=O)C(NC(=O)C(N)C(C)O)C(C)O)C(=O)N1CCCC1C(=O)O. The number of nitrogens with zero attached hydrogens (tertiary/aromatic N) is 1. The van der Waals surface area contributed by atoms with Gasteiger partial charge in [0, 0.05) is 6.54 Å². The Morgan fingerprint density at radius 2 is 1.77 bits per heavy atom. The summed E-state index contributed by atoms with van der Waals surface area (Å²) in [5.74, 6) is -2.72. The van der Waals surface area contributed by atoms with Crippen LogP contribution in [0.15, 0.2) is 0 Å². The number of hydrogen-bond acceptors (Lipinski definition) is 8. The third-order valence-electron chi connectivity index (χ3n) is 4.93. The van der Waals surface area contributed by atoms with Gasteiger partial charge in [-0.1, -0.05) is 0 Å². The van der Waals surface area contributed by atoms with Gasteiger partial charge in [0.05, 0.1) is 12.2 Å². The van der Waals surface area contributed by atoms with Gasteiger partial charge >= 0.3 is 5.97 Å². The van der Waals surface area contributed by atoms with Gasteiger partial charge in [0.15, 0.2) is 0 Å². The van der Waals surface area contributed by atoms with Crippen molar-refractivity contribution >= 4 is 35.5 Å². The fourth-order valence-corrected chi connectivity index (χ4v) is 3.59. The summed E-state index contributed by atoms with van der Waals surface area (Å²) in [6.45, 7) is 2.88. The molecule has 30 heavy (non-hydrogen) atoms. The molecule has 0 radical (unpaired) electrons. The maximum Gasteiger partial charge on any atom is 0.326 e. The lowest BCUT2D eigenvalue weighted by Crippen LogP contribution is -2.60. The molecule has 1 aliphatic heterocycles. The number of nitrogens with one attached hydrogen (secondary N) is 2. The summed E-state index contributed by atoms with van der Waals surface area (Å²) in [4.78, 5) is 50.4. The average Bonchev–Trinajstić information content (AvgIpc) is 3.17. The monoisotopic (exact) mass is 448 g/mol. The predicted molar refractivity (Wildman–Crippen MR) is 111 cm³/mol. The van der Waals surface area contributed by atoms with Crippen LogP contribution in [0.3, 0.4) is 0 Å². The Morgan fingerprint density at radius 1 is 1.13 bits per heavy atom. The number of thioether (sulfide) groups is 1. The molecule has 0 aromatic rings. The van der Waals surface area contributed by atoms with Crippen LogP contribution >= 0.6 is 11.8 Å². The summed E-state index contributed by atoms with van der Waals surface area (Å²) >= 11 is 1.45. The van der Waals surface area contributed by atoms with E-state index in [9.17, 15) is 34.5 Å². The fourth-order valence-electron chi connectivity index (χ4n) is 3.12. The Labute approximate surface area is 179 Å². The first kappa shape index (κ1) is 26.1. The van der Waals surface area contributed by atoms with Gasteiger partial charge in [0.2, 0.25) is 17.7 Å². The molecule has 0 aromatic heterocycles. The molecule has 1 aliphatic rings. The van der Waals surface area contributed by atoms with Gasteiger partial charge in [-0.15, -0.1) is 0 Å². The number of rotatable bonds is 11. The molecule has 0 saturated carbocycles. The maximum atomic E-state index is 12.9. The van der Waals surface area contributed by atoms with Gasteiger partial charge in [-0.3, -0.25) is 14.4 Å². The van der Waals surface area contributed by atoms with Gasteiger partial charge in [0.1, 0.15) is 24.2 Å². The zero-order chi connectivity index (χ0) is 23.0. The van der Waals surface area contributed by atoms with E-state index in [2.05, 4.69) is 10.6 Å². The number of hydrogen-bond donors (Lipinski definition) is 6. The zero-order valence-corrected chi connectivity index (χ0v) is 18.2. The van der Waals surface area contributed by atoms with Crippen LogP contribution in [0.5, 0.6) is 0 Å². The van der Waals surface area contributed by atoms with Crippen molar-refractivity contribution in [1.29, 1.82) is 0 Å².